The van der Waals surface area contributed by atoms with E-state index in [0.29, 0.717) is 29.2 Å². The predicted molar refractivity (Wildman–Crippen MR) is 114 cm³/mol. The topological polar surface area (TPSA) is 53.6 Å². The van der Waals surface area contributed by atoms with Gasteiger partial charge in [-0.05, 0) is 37.1 Å². The minimum atomic E-state index is -4.38. The molecule has 1 aromatic carbocycles. The van der Waals surface area contributed by atoms with Crippen LogP contribution in [-0.2, 0) is 0 Å². The lowest BCUT2D eigenvalue weighted by Gasteiger charge is -2.23. The molecule has 0 aliphatic heterocycles. The molecule has 2 heterocycles. The van der Waals surface area contributed by atoms with E-state index in [2.05, 4.69) is 20.3 Å². The molecule has 3 aromatic rings. The maximum absolute atomic E-state index is 14.5. The summed E-state index contributed by atoms with van der Waals surface area (Å²) in [5.74, 6) is -2.11. The molecule has 0 unspecified atom stereocenters. The van der Waals surface area contributed by atoms with Crippen LogP contribution in [0.1, 0.15) is 32.1 Å². The first-order valence-corrected chi connectivity index (χ1v) is 11.2. The van der Waals surface area contributed by atoms with Crippen LogP contribution in [-0.4, -0.2) is 32.9 Å². The summed E-state index contributed by atoms with van der Waals surface area (Å²) < 4.78 is 66.0. The Kier molecular flexibility index (Phi) is 6.68. The molecule has 2 aromatic heterocycles. The van der Waals surface area contributed by atoms with Gasteiger partial charge in [0.15, 0.2) is 5.16 Å². The Hall–Kier alpha value is -2.62. The number of halogens is 5. The van der Waals surface area contributed by atoms with Gasteiger partial charge in [0.25, 0.3) is 0 Å². The van der Waals surface area contributed by atoms with Crippen molar-refractivity contribution in [2.24, 2.45) is 0 Å². The Bertz CT molecular complexity index is 1080. The summed E-state index contributed by atoms with van der Waals surface area (Å²) >= 11 is 0.474. The van der Waals surface area contributed by atoms with Gasteiger partial charge < -0.3 is 10.3 Å². The maximum Gasteiger partial charge on any atom is 0.398 e. The van der Waals surface area contributed by atoms with E-state index in [1.54, 1.807) is 18.3 Å². The van der Waals surface area contributed by atoms with Crippen LogP contribution in [0.2, 0.25) is 0 Å². The summed E-state index contributed by atoms with van der Waals surface area (Å²) in [4.78, 5) is 11.4. The zero-order chi connectivity index (χ0) is 22.7. The third-order valence-electron chi connectivity index (χ3n) is 5.25. The van der Waals surface area contributed by atoms with Crippen molar-refractivity contribution >= 4 is 17.6 Å². The fourth-order valence-electron chi connectivity index (χ4n) is 3.78. The average Bonchev–Trinajstić information content (AvgIpc) is 3.17. The zero-order valence-corrected chi connectivity index (χ0v) is 17.8. The van der Waals surface area contributed by atoms with Crippen LogP contribution in [0, 0.1) is 11.6 Å². The number of aromatic amines is 1. The summed E-state index contributed by atoms with van der Waals surface area (Å²) in [6.07, 6.45) is 2.77. The van der Waals surface area contributed by atoms with E-state index in [1.165, 1.54) is 12.5 Å². The molecule has 0 amide bonds. The van der Waals surface area contributed by atoms with Crippen molar-refractivity contribution in [3.05, 3.63) is 48.2 Å². The Balaban J connectivity index is 1.70. The SMILES string of the molecule is Fc1ccc(-c2[nH]c(SCC(F)(F)F)nc2-c2ccnc(NC3CCCCC3)c2)c(F)c1. The first-order valence-electron chi connectivity index (χ1n) is 10.3. The van der Waals surface area contributed by atoms with Crippen LogP contribution in [0.25, 0.3) is 22.5 Å². The number of nitrogens with zero attached hydrogens (tertiary/aromatic N) is 2. The molecule has 10 heteroatoms. The molecule has 1 aliphatic rings. The fraction of sp³-hybridized carbons (Fsp3) is 0.364. The average molecular weight is 468 g/mol. The van der Waals surface area contributed by atoms with Gasteiger partial charge in [-0.3, -0.25) is 0 Å². The van der Waals surface area contributed by atoms with Gasteiger partial charge in [-0.1, -0.05) is 31.0 Å². The fourth-order valence-corrected chi connectivity index (χ4v) is 4.41. The monoisotopic (exact) mass is 468 g/mol. The number of alkyl halides is 3. The Morgan fingerprint density at radius 2 is 1.84 bits per heavy atom. The first-order chi connectivity index (χ1) is 15.3. The highest BCUT2D eigenvalue weighted by Crippen LogP contribution is 2.36. The molecular formula is C22H21F5N4S. The number of imidazole rings is 1. The lowest BCUT2D eigenvalue weighted by molar-refractivity contribution is -0.105. The molecule has 0 radical (unpaired) electrons. The third kappa shape index (κ3) is 5.59. The zero-order valence-electron chi connectivity index (χ0n) is 17.0. The van der Waals surface area contributed by atoms with E-state index >= 15 is 0 Å². The van der Waals surface area contributed by atoms with Crippen molar-refractivity contribution < 1.29 is 22.0 Å². The first kappa shape index (κ1) is 22.6. The van der Waals surface area contributed by atoms with Gasteiger partial charge in [-0.2, -0.15) is 13.2 Å². The molecule has 32 heavy (non-hydrogen) atoms. The van der Waals surface area contributed by atoms with Crippen molar-refractivity contribution in [2.75, 3.05) is 11.1 Å². The predicted octanol–water partition coefficient (Wildman–Crippen LogP) is 6.82. The smallest absolute Gasteiger partial charge is 0.367 e. The number of pyridine rings is 1. The number of H-pyrrole nitrogens is 1. The molecular weight excluding hydrogens is 447 g/mol. The Morgan fingerprint density at radius 3 is 2.56 bits per heavy atom. The van der Waals surface area contributed by atoms with E-state index < -0.39 is 23.6 Å². The summed E-state index contributed by atoms with van der Waals surface area (Å²) in [5.41, 5.74) is 1.04. The molecule has 2 N–H and O–H groups in total. The van der Waals surface area contributed by atoms with E-state index in [-0.39, 0.29) is 22.1 Å². The molecule has 4 rings (SSSR count). The molecule has 1 fully saturated rings. The Labute approximate surface area is 186 Å². The van der Waals surface area contributed by atoms with Crippen molar-refractivity contribution in [3.63, 3.8) is 0 Å². The highest BCUT2D eigenvalue weighted by Gasteiger charge is 2.29. The van der Waals surface area contributed by atoms with Crippen molar-refractivity contribution in [1.82, 2.24) is 15.0 Å². The van der Waals surface area contributed by atoms with Crippen molar-refractivity contribution in [3.8, 4) is 22.5 Å². The number of nitrogens with one attached hydrogen (secondary N) is 2. The molecule has 4 nitrogen and oxygen atoms in total. The number of aromatic nitrogens is 3. The largest absolute Gasteiger partial charge is 0.398 e. The summed E-state index contributed by atoms with van der Waals surface area (Å²) in [6, 6.07) is 6.76. The minimum absolute atomic E-state index is 0.00495. The molecule has 1 aliphatic carbocycles. The quantitative estimate of drug-likeness (QED) is 0.308. The molecule has 170 valence electrons. The standard InChI is InChI=1S/C22H21F5N4S/c23-14-6-7-16(17(24)11-14)20-19(30-21(31-20)32-12-22(25,26)27)13-8-9-28-18(10-13)29-15-4-2-1-3-5-15/h6-11,15H,1-5,12H2,(H,28,29)(H,30,31). The number of hydrogen-bond acceptors (Lipinski definition) is 4. The van der Waals surface area contributed by atoms with Crippen LogP contribution < -0.4 is 5.32 Å². The minimum Gasteiger partial charge on any atom is -0.367 e. The van der Waals surface area contributed by atoms with Crippen molar-refractivity contribution in [2.45, 2.75) is 49.5 Å². The second-order valence-electron chi connectivity index (χ2n) is 7.70. The Morgan fingerprint density at radius 1 is 1.06 bits per heavy atom. The summed E-state index contributed by atoms with van der Waals surface area (Å²) in [5, 5.41) is 3.39. The lowest BCUT2D eigenvalue weighted by Crippen LogP contribution is -2.22. The second kappa shape index (κ2) is 9.48. The molecule has 1 saturated carbocycles. The van der Waals surface area contributed by atoms with Gasteiger partial charge in [0, 0.05) is 29.4 Å². The van der Waals surface area contributed by atoms with E-state index in [0.717, 1.165) is 37.8 Å². The number of rotatable bonds is 6. The lowest BCUT2D eigenvalue weighted by atomic mass is 9.95. The number of benzene rings is 1. The molecule has 0 spiro atoms. The van der Waals surface area contributed by atoms with Gasteiger partial charge in [-0.25, -0.2) is 18.7 Å². The van der Waals surface area contributed by atoms with Crippen LogP contribution in [0.4, 0.5) is 27.8 Å². The maximum atomic E-state index is 14.5. The van der Waals surface area contributed by atoms with Crippen LogP contribution in [0.15, 0.2) is 41.7 Å². The van der Waals surface area contributed by atoms with E-state index in [1.807, 2.05) is 0 Å². The third-order valence-corrected chi connectivity index (χ3v) is 6.18. The van der Waals surface area contributed by atoms with Gasteiger partial charge in [0.05, 0.1) is 17.1 Å². The van der Waals surface area contributed by atoms with Gasteiger partial charge in [-0.15, -0.1) is 0 Å². The summed E-state index contributed by atoms with van der Waals surface area (Å²) in [7, 11) is 0. The van der Waals surface area contributed by atoms with E-state index in [4.69, 9.17) is 0 Å². The van der Waals surface area contributed by atoms with Gasteiger partial charge in [0.1, 0.15) is 17.5 Å². The highest BCUT2D eigenvalue weighted by atomic mass is 32.2. The van der Waals surface area contributed by atoms with Gasteiger partial charge >= 0.3 is 6.18 Å². The second-order valence-corrected chi connectivity index (χ2v) is 8.67. The van der Waals surface area contributed by atoms with Gasteiger partial charge in [0.2, 0.25) is 0 Å². The number of hydrogen-bond donors (Lipinski definition) is 2. The van der Waals surface area contributed by atoms with Crippen LogP contribution in [0.3, 0.4) is 0 Å². The molecule has 0 bridgehead atoms. The normalized spacial score (nSPS) is 15.2. The van der Waals surface area contributed by atoms with Crippen LogP contribution in [0.5, 0.6) is 0 Å². The van der Waals surface area contributed by atoms with Crippen LogP contribution >= 0.6 is 11.8 Å². The summed E-state index contributed by atoms with van der Waals surface area (Å²) in [6.45, 7) is 0. The molecule has 0 saturated heterocycles. The van der Waals surface area contributed by atoms with E-state index in [9.17, 15) is 22.0 Å². The highest BCUT2D eigenvalue weighted by molar-refractivity contribution is 7.99. The number of thioether (sulfide) groups is 1. The molecule has 0 atom stereocenters. The number of anilines is 1. The van der Waals surface area contributed by atoms with Crippen molar-refractivity contribution in [1.29, 1.82) is 0 Å².